The summed E-state index contributed by atoms with van der Waals surface area (Å²) < 4.78 is 3.31. The highest BCUT2D eigenvalue weighted by atomic mass is 16.2. The summed E-state index contributed by atoms with van der Waals surface area (Å²) in [7, 11) is 0. The molecule has 4 aromatic rings. The van der Waals surface area contributed by atoms with E-state index in [1.807, 2.05) is 44.2 Å². The van der Waals surface area contributed by atoms with Crippen LogP contribution in [-0.4, -0.2) is 61.3 Å². The van der Waals surface area contributed by atoms with Crippen molar-refractivity contribution in [2.75, 3.05) is 31.1 Å². The summed E-state index contributed by atoms with van der Waals surface area (Å²) in [4.78, 5) is 38.7. The van der Waals surface area contributed by atoms with Crippen LogP contribution in [-0.2, 0) is 11.3 Å². The Labute approximate surface area is 190 Å². The minimum absolute atomic E-state index is 0.0323. The van der Waals surface area contributed by atoms with Gasteiger partial charge in [-0.3, -0.25) is 14.2 Å². The molecule has 9 nitrogen and oxygen atoms in total. The van der Waals surface area contributed by atoms with Gasteiger partial charge >= 0.3 is 0 Å². The average molecular weight is 444 g/mol. The third-order valence-corrected chi connectivity index (χ3v) is 6.05. The van der Waals surface area contributed by atoms with Crippen molar-refractivity contribution in [2.24, 2.45) is 0 Å². The molecular formula is C24H25N7O2. The molecule has 1 amide bonds. The van der Waals surface area contributed by atoms with Gasteiger partial charge in [0.25, 0.3) is 5.56 Å². The van der Waals surface area contributed by atoms with Crippen LogP contribution in [0.15, 0.2) is 59.7 Å². The monoisotopic (exact) mass is 443 g/mol. The number of carbonyl (C=O) groups excluding carboxylic acids is 1. The molecule has 9 heteroatoms. The highest BCUT2D eigenvalue weighted by Gasteiger charge is 2.25. The number of amides is 1. The SMILES string of the molecule is Cc1cc(=O)n(CC(=O)N2CCN(c3ncccn3)CC2)c2c1c(C)nn2-c1ccccc1. The number of para-hydroxylation sites is 1. The molecule has 0 atom stereocenters. The summed E-state index contributed by atoms with van der Waals surface area (Å²) in [6, 6.07) is 13.0. The van der Waals surface area contributed by atoms with Gasteiger partial charge in [-0.25, -0.2) is 14.6 Å². The molecule has 1 fully saturated rings. The number of aryl methyl sites for hydroxylation is 2. The number of anilines is 1. The zero-order valence-electron chi connectivity index (χ0n) is 18.7. The Kier molecular flexibility index (Phi) is 5.37. The molecule has 3 aromatic heterocycles. The first-order valence-corrected chi connectivity index (χ1v) is 11.0. The van der Waals surface area contributed by atoms with Crippen molar-refractivity contribution in [3.63, 3.8) is 0 Å². The van der Waals surface area contributed by atoms with Crippen LogP contribution >= 0.6 is 0 Å². The summed E-state index contributed by atoms with van der Waals surface area (Å²) >= 11 is 0. The van der Waals surface area contributed by atoms with Crippen LogP contribution in [0.2, 0.25) is 0 Å². The molecule has 0 bridgehead atoms. The van der Waals surface area contributed by atoms with Gasteiger partial charge < -0.3 is 9.80 Å². The molecule has 0 aliphatic carbocycles. The van der Waals surface area contributed by atoms with Crippen LogP contribution in [0.5, 0.6) is 0 Å². The fourth-order valence-electron chi connectivity index (χ4n) is 4.41. The lowest BCUT2D eigenvalue weighted by Crippen LogP contribution is -2.50. The van der Waals surface area contributed by atoms with Gasteiger partial charge in [-0.15, -0.1) is 0 Å². The second-order valence-electron chi connectivity index (χ2n) is 8.20. The van der Waals surface area contributed by atoms with Crippen molar-refractivity contribution in [3.8, 4) is 5.69 Å². The van der Waals surface area contributed by atoms with E-state index >= 15 is 0 Å². The van der Waals surface area contributed by atoms with Crippen LogP contribution < -0.4 is 10.5 Å². The highest BCUT2D eigenvalue weighted by molar-refractivity contribution is 5.85. The van der Waals surface area contributed by atoms with Gasteiger partial charge in [0.15, 0.2) is 0 Å². The zero-order valence-corrected chi connectivity index (χ0v) is 18.7. The Morgan fingerprint density at radius 2 is 1.67 bits per heavy atom. The number of benzene rings is 1. The van der Waals surface area contributed by atoms with Crippen molar-refractivity contribution < 1.29 is 4.79 Å². The molecule has 0 spiro atoms. The van der Waals surface area contributed by atoms with Crippen molar-refractivity contribution in [1.29, 1.82) is 0 Å². The molecule has 0 N–H and O–H groups in total. The molecule has 1 aliphatic rings. The maximum absolute atomic E-state index is 13.2. The standard InChI is InChI=1S/C24H25N7O2/c1-17-15-20(32)30(23-22(17)18(2)27-31(23)19-7-4-3-5-8-19)16-21(33)28-11-13-29(14-12-28)24-25-9-6-10-26-24/h3-10,15H,11-14,16H2,1-2H3. The molecule has 0 unspecified atom stereocenters. The van der Waals surface area contributed by atoms with E-state index in [1.165, 1.54) is 0 Å². The number of aromatic nitrogens is 5. The normalized spacial score (nSPS) is 14.1. The summed E-state index contributed by atoms with van der Waals surface area (Å²) in [6.45, 7) is 6.20. The van der Waals surface area contributed by atoms with E-state index in [9.17, 15) is 9.59 Å². The molecule has 33 heavy (non-hydrogen) atoms. The van der Waals surface area contributed by atoms with Crippen LogP contribution in [0.1, 0.15) is 11.3 Å². The average Bonchev–Trinajstić information content (AvgIpc) is 3.20. The summed E-state index contributed by atoms with van der Waals surface area (Å²) in [5.74, 6) is 0.581. The van der Waals surface area contributed by atoms with E-state index < -0.39 is 0 Å². The molecule has 0 radical (unpaired) electrons. The lowest BCUT2D eigenvalue weighted by atomic mass is 10.1. The van der Waals surface area contributed by atoms with Gasteiger partial charge in [0.05, 0.1) is 11.4 Å². The number of hydrogen-bond acceptors (Lipinski definition) is 6. The molecule has 1 aliphatic heterocycles. The Balaban J connectivity index is 1.45. The van der Waals surface area contributed by atoms with E-state index in [2.05, 4.69) is 14.9 Å². The van der Waals surface area contributed by atoms with Crippen molar-refractivity contribution in [1.82, 2.24) is 29.2 Å². The van der Waals surface area contributed by atoms with Crippen LogP contribution in [0.3, 0.4) is 0 Å². The predicted octanol–water partition coefficient (Wildman–Crippen LogP) is 1.94. The third-order valence-electron chi connectivity index (χ3n) is 6.05. The maximum Gasteiger partial charge on any atom is 0.252 e. The fraction of sp³-hybridized carbons (Fsp3) is 0.292. The predicted molar refractivity (Wildman–Crippen MR) is 126 cm³/mol. The number of rotatable bonds is 4. The minimum Gasteiger partial charge on any atom is -0.338 e. The first-order valence-electron chi connectivity index (χ1n) is 11.0. The molecular weight excluding hydrogens is 418 g/mol. The van der Waals surface area contributed by atoms with Crippen LogP contribution in [0, 0.1) is 13.8 Å². The fourth-order valence-corrected chi connectivity index (χ4v) is 4.41. The number of pyridine rings is 1. The van der Waals surface area contributed by atoms with E-state index in [-0.39, 0.29) is 18.0 Å². The van der Waals surface area contributed by atoms with Crippen molar-refractivity contribution in [3.05, 3.63) is 76.5 Å². The van der Waals surface area contributed by atoms with Gasteiger partial charge in [0.1, 0.15) is 12.2 Å². The number of nitrogens with zero attached hydrogens (tertiary/aromatic N) is 7. The van der Waals surface area contributed by atoms with E-state index in [4.69, 9.17) is 5.10 Å². The van der Waals surface area contributed by atoms with Gasteiger partial charge in [0, 0.05) is 50.0 Å². The minimum atomic E-state index is -0.207. The smallest absolute Gasteiger partial charge is 0.252 e. The lowest BCUT2D eigenvalue weighted by molar-refractivity contribution is -0.132. The van der Waals surface area contributed by atoms with E-state index in [1.54, 1.807) is 38.7 Å². The molecule has 1 saturated heterocycles. The molecule has 5 rings (SSSR count). The van der Waals surface area contributed by atoms with Gasteiger partial charge in [-0.2, -0.15) is 5.10 Å². The molecule has 4 heterocycles. The van der Waals surface area contributed by atoms with Crippen LogP contribution in [0.25, 0.3) is 16.7 Å². The Hall–Kier alpha value is -4.01. The second-order valence-corrected chi connectivity index (χ2v) is 8.20. The summed E-state index contributed by atoms with van der Waals surface area (Å²) in [5, 5.41) is 5.60. The number of hydrogen-bond donors (Lipinski definition) is 0. The molecule has 168 valence electrons. The summed E-state index contributed by atoms with van der Waals surface area (Å²) in [5.41, 5.74) is 2.97. The number of carbonyl (C=O) groups is 1. The number of fused-ring (bicyclic) bond motifs is 1. The first-order chi connectivity index (χ1) is 16.0. The zero-order chi connectivity index (χ0) is 22.9. The van der Waals surface area contributed by atoms with E-state index in [0.29, 0.717) is 37.8 Å². The molecule has 0 saturated carbocycles. The molecule has 1 aromatic carbocycles. The maximum atomic E-state index is 13.2. The van der Waals surface area contributed by atoms with Gasteiger partial charge in [-0.1, -0.05) is 18.2 Å². The largest absolute Gasteiger partial charge is 0.338 e. The Morgan fingerprint density at radius 3 is 2.36 bits per heavy atom. The lowest BCUT2D eigenvalue weighted by Gasteiger charge is -2.34. The quantitative estimate of drug-likeness (QED) is 0.479. The summed E-state index contributed by atoms with van der Waals surface area (Å²) in [6.07, 6.45) is 3.43. The first kappa shape index (κ1) is 20.9. The van der Waals surface area contributed by atoms with E-state index in [0.717, 1.165) is 22.3 Å². The van der Waals surface area contributed by atoms with Gasteiger partial charge in [0.2, 0.25) is 11.9 Å². The van der Waals surface area contributed by atoms with Gasteiger partial charge in [-0.05, 0) is 37.6 Å². The van der Waals surface area contributed by atoms with Crippen LogP contribution in [0.4, 0.5) is 5.95 Å². The Bertz CT molecular complexity index is 1350. The second kappa shape index (κ2) is 8.50. The Morgan fingerprint density at radius 1 is 0.970 bits per heavy atom. The number of piperazine rings is 1. The highest BCUT2D eigenvalue weighted by Crippen LogP contribution is 2.24. The third kappa shape index (κ3) is 3.86. The van der Waals surface area contributed by atoms with Crippen molar-refractivity contribution >= 4 is 22.9 Å². The van der Waals surface area contributed by atoms with Crippen molar-refractivity contribution in [2.45, 2.75) is 20.4 Å². The topological polar surface area (TPSA) is 89.2 Å².